The van der Waals surface area contributed by atoms with Crippen LogP contribution in [-0.4, -0.2) is 23.0 Å². The molecule has 3 nitrogen and oxygen atoms in total. The predicted octanol–water partition coefficient (Wildman–Crippen LogP) is 5.96. The standard InChI is InChI=1S/C22H18N2OS2/c1-15-8-10-16(11-9-15)17-12-19(26-14-17)13-20-21(25)24(2)22(27-20)23-18-6-4-3-5-7-18/h3-14H,1-2H3/b20-13-,23-22+. The molecule has 0 atom stereocenters. The molecule has 4 rings (SSSR count). The van der Waals surface area contributed by atoms with E-state index in [2.05, 4.69) is 47.6 Å². The number of aryl methyl sites for hydroxylation is 1. The molecule has 0 bridgehead atoms. The average molecular weight is 391 g/mol. The Bertz CT molecular complexity index is 1030. The van der Waals surface area contributed by atoms with Crippen molar-refractivity contribution in [3.8, 4) is 11.1 Å². The van der Waals surface area contributed by atoms with Gasteiger partial charge in [0.25, 0.3) is 5.91 Å². The van der Waals surface area contributed by atoms with Gasteiger partial charge in [-0.1, -0.05) is 48.0 Å². The lowest BCUT2D eigenvalue weighted by Gasteiger charge is -2.06. The van der Waals surface area contributed by atoms with Crippen LogP contribution in [0.15, 0.2) is 75.9 Å². The van der Waals surface area contributed by atoms with Crippen LogP contribution < -0.4 is 0 Å². The van der Waals surface area contributed by atoms with E-state index in [1.54, 1.807) is 23.3 Å². The first kappa shape index (κ1) is 17.8. The fourth-order valence-electron chi connectivity index (χ4n) is 2.72. The summed E-state index contributed by atoms with van der Waals surface area (Å²) in [5, 5.41) is 2.83. The minimum Gasteiger partial charge on any atom is -0.290 e. The molecular formula is C22H18N2OS2. The lowest BCUT2D eigenvalue weighted by Crippen LogP contribution is -2.23. The maximum Gasteiger partial charge on any atom is 0.266 e. The van der Waals surface area contributed by atoms with Crippen LogP contribution in [-0.2, 0) is 4.79 Å². The van der Waals surface area contributed by atoms with Gasteiger partial charge in [0, 0.05) is 11.9 Å². The highest BCUT2D eigenvalue weighted by atomic mass is 32.2. The van der Waals surface area contributed by atoms with Crippen molar-refractivity contribution in [2.45, 2.75) is 6.92 Å². The zero-order chi connectivity index (χ0) is 18.8. The summed E-state index contributed by atoms with van der Waals surface area (Å²) < 4.78 is 0. The Morgan fingerprint density at radius 3 is 2.48 bits per heavy atom. The molecule has 1 aliphatic heterocycles. The second kappa shape index (κ2) is 7.55. The summed E-state index contributed by atoms with van der Waals surface area (Å²) in [5.74, 6) is -0.0139. The maximum absolute atomic E-state index is 12.6. The van der Waals surface area contributed by atoms with Gasteiger partial charge >= 0.3 is 0 Å². The SMILES string of the molecule is Cc1ccc(-c2csc(/C=C3\S/C(=N/c4ccccc4)N(C)C3=O)c2)cc1. The summed E-state index contributed by atoms with van der Waals surface area (Å²) >= 11 is 3.06. The monoisotopic (exact) mass is 390 g/mol. The molecule has 1 fully saturated rings. The highest BCUT2D eigenvalue weighted by Crippen LogP contribution is 2.35. The Kier molecular flexibility index (Phi) is 4.97. The number of thioether (sulfide) groups is 1. The molecule has 2 heterocycles. The molecule has 1 saturated heterocycles. The lowest BCUT2D eigenvalue weighted by atomic mass is 10.1. The summed E-state index contributed by atoms with van der Waals surface area (Å²) in [6, 6.07) is 20.3. The van der Waals surface area contributed by atoms with Crippen LogP contribution in [0.4, 0.5) is 5.69 Å². The van der Waals surface area contributed by atoms with E-state index in [-0.39, 0.29) is 5.91 Å². The van der Waals surface area contributed by atoms with Crippen LogP contribution in [0.2, 0.25) is 0 Å². The smallest absolute Gasteiger partial charge is 0.266 e. The highest BCUT2D eigenvalue weighted by Gasteiger charge is 2.30. The molecule has 27 heavy (non-hydrogen) atoms. The second-order valence-electron chi connectivity index (χ2n) is 6.31. The number of rotatable bonds is 3. The van der Waals surface area contributed by atoms with E-state index in [0.717, 1.165) is 10.6 Å². The molecule has 0 unspecified atom stereocenters. The minimum atomic E-state index is -0.0139. The van der Waals surface area contributed by atoms with E-state index in [9.17, 15) is 4.79 Å². The van der Waals surface area contributed by atoms with Crippen LogP contribution in [0, 0.1) is 6.92 Å². The van der Waals surface area contributed by atoms with Gasteiger partial charge in [-0.05, 0) is 59.5 Å². The number of para-hydroxylation sites is 1. The predicted molar refractivity (Wildman–Crippen MR) is 116 cm³/mol. The van der Waals surface area contributed by atoms with Crippen molar-refractivity contribution in [2.24, 2.45) is 4.99 Å². The van der Waals surface area contributed by atoms with Crippen molar-refractivity contribution in [3.05, 3.63) is 81.4 Å². The Balaban J connectivity index is 1.58. The average Bonchev–Trinajstić information content (AvgIpc) is 3.24. The van der Waals surface area contributed by atoms with Crippen LogP contribution in [0.3, 0.4) is 0 Å². The van der Waals surface area contributed by atoms with Crippen LogP contribution in [0.25, 0.3) is 17.2 Å². The highest BCUT2D eigenvalue weighted by molar-refractivity contribution is 8.18. The zero-order valence-electron chi connectivity index (χ0n) is 15.0. The zero-order valence-corrected chi connectivity index (χ0v) is 16.7. The molecule has 2 aromatic carbocycles. The molecule has 0 radical (unpaired) electrons. The van der Waals surface area contributed by atoms with Gasteiger partial charge in [-0.15, -0.1) is 11.3 Å². The summed E-state index contributed by atoms with van der Waals surface area (Å²) in [6.07, 6.45) is 1.96. The molecule has 3 aromatic rings. The molecule has 0 N–H and O–H groups in total. The van der Waals surface area contributed by atoms with Crippen molar-refractivity contribution >= 4 is 45.9 Å². The quantitative estimate of drug-likeness (QED) is 0.517. The first-order valence-electron chi connectivity index (χ1n) is 8.57. The number of amides is 1. The van der Waals surface area contributed by atoms with E-state index in [1.807, 2.05) is 36.4 Å². The van der Waals surface area contributed by atoms with Crippen LogP contribution in [0.5, 0.6) is 0 Å². The molecule has 5 heteroatoms. The number of aliphatic imine (C=N–C) groups is 1. The van der Waals surface area contributed by atoms with Gasteiger partial charge in [0.05, 0.1) is 10.6 Å². The molecule has 1 amide bonds. The third kappa shape index (κ3) is 3.89. The molecule has 0 spiro atoms. The van der Waals surface area contributed by atoms with E-state index < -0.39 is 0 Å². The second-order valence-corrected chi connectivity index (χ2v) is 8.26. The Morgan fingerprint density at radius 1 is 1.00 bits per heavy atom. The topological polar surface area (TPSA) is 32.7 Å². The number of carbonyl (C=O) groups excluding carboxylic acids is 1. The molecular weight excluding hydrogens is 372 g/mol. The number of nitrogens with zero attached hydrogens (tertiary/aromatic N) is 2. The van der Waals surface area contributed by atoms with Gasteiger partial charge in [-0.25, -0.2) is 4.99 Å². The number of thiophene rings is 1. The first-order valence-corrected chi connectivity index (χ1v) is 10.3. The third-order valence-corrected chi connectivity index (χ3v) is 6.20. The largest absolute Gasteiger partial charge is 0.290 e. The Labute approximate surface area is 167 Å². The van der Waals surface area contributed by atoms with E-state index in [1.165, 1.54) is 28.5 Å². The van der Waals surface area contributed by atoms with E-state index >= 15 is 0 Å². The summed E-state index contributed by atoms with van der Waals surface area (Å²) in [6.45, 7) is 2.08. The fraction of sp³-hybridized carbons (Fsp3) is 0.0909. The van der Waals surface area contributed by atoms with Crippen molar-refractivity contribution < 1.29 is 4.79 Å². The fourth-order valence-corrected chi connectivity index (χ4v) is 4.62. The van der Waals surface area contributed by atoms with E-state index in [4.69, 9.17) is 0 Å². The molecule has 0 aliphatic carbocycles. The van der Waals surface area contributed by atoms with Gasteiger partial charge in [0.1, 0.15) is 0 Å². The molecule has 134 valence electrons. The lowest BCUT2D eigenvalue weighted by molar-refractivity contribution is -0.121. The van der Waals surface area contributed by atoms with Crippen molar-refractivity contribution in [1.82, 2.24) is 4.90 Å². The van der Waals surface area contributed by atoms with Gasteiger partial charge in [-0.3, -0.25) is 9.69 Å². The first-order chi connectivity index (χ1) is 13.1. The molecule has 1 aromatic heterocycles. The van der Waals surface area contributed by atoms with Crippen LogP contribution in [0.1, 0.15) is 10.4 Å². The number of carbonyl (C=O) groups is 1. The number of amidine groups is 1. The number of hydrogen-bond donors (Lipinski definition) is 0. The summed E-state index contributed by atoms with van der Waals surface area (Å²) in [5.41, 5.74) is 4.46. The van der Waals surface area contributed by atoms with Crippen molar-refractivity contribution in [3.63, 3.8) is 0 Å². The van der Waals surface area contributed by atoms with Gasteiger partial charge < -0.3 is 0 Å². The maximum atomic E-state index is 12.6. The number of likely N-dealkylation sites (N-methyl/N-ethyl adjacent to an activating group) is 1. The van der Waals surface area contributed by atoms with E-state index in [0.29, 0.717) is 10.1 Å². The molecule has 1 aliphatic rings. The van der Waals surface area contributed by atoms with Crippen molar-refractivity contribution in [2.75, 3.05) is 7.05 Å². The summed E-state index contributed by atoms with van der Waals surface area (Å²) in [4.78, 5) is 20.5. The van der Waals surface area contributed by atoms with Gasteiger partial charge in [0.15, 0.2) is 5.17 Å². The van der Waals surface area contributed by atoms with Crippen LogP contribution >= 0.6 is 23.1 Å². The third-order valence-electron chi connectivity index (χ3n) is 4.26. The number of benzene rings is 2. The number of hydrogen-bond acceptors (Lipinski definition) is 4. The normalized spacial score (nSPS) is 17.3. The molecule has 0 saturated carbocycles. The van der Waals surface area contributed by atoms with Crippen molar-refractivity contribution in [1.29, 1.82) is 0 Å². The summed E-state index contributed by atoms with van der Waals surface area (Å²) in [7, 11) is 1.77. The Hall–Kier alpha value is -2.63. The Morgan fingerprint density at radius 2 is 1.74 bits per heavy atom. The van der Waals surface area contributed by atoms with Gasteiger partial charge in [0.2, 0.25) is 0 Å². The van der Waals surface area contributed by atoms with Gasteiger partial charge in [-0.2, -0.15) is 0 Å². The minimum absolute atomic E-state index is 0.0139.